The lowest BCUT2D eigenvalue weighted by Gasteiger charge is -2.11. The van der Waals surface area contributed by atoms with Crippen molar-refractivity contribution in [3.63, 3.8) is 0 Å². The lowest BCUT2D eigenvalue weighted by atomic mass is 9.95. The van der Waals surface area contributed by atoms with Gasteiger partial charge in [-0.25, -0.2) is 0 Å². The van der Waals surface area contributed by atoms with Gasteiger partial charge in [-0.2, -0.15) is 0 Å². The van der Waals surface area contributed by atoms with Crippen molar-refractivity contribution in [2.24, 2.45) is 11.8 Å². The Morgan fingerprint density at radius 2 is 1.60 bits per heavy atom. The zero-order valence-corrected chi connectivity index (χ0v) is 11.5. The zero-order chi connectivity index (χ0) is 11.7. The Balaban J connectivity index is 3.37. The molecule has 0 saturated carbocycles. The van der Waals surface area contributed by atoms with Crippen LogP contribution >= 0.6 is 0 Å². The maximum atomic E-state index is 2.40. The first-order chi connectivity index (χ1) is 7.06. The van der Waals surface area contributed by atoms with Gasteiger partial charge >= 0.3 is 0 Å². The van der Waals surface area contributed by atoms with Crippen molar-refractivity contribution < 1.29 is 0 Å². The van der Waals surface area contributed by atoms with E-state index in [4.69, 9.17) is 0 Å². The first-order valence-corrected chi connectivity index (χ1v) is 6.68. The summed E-state index contributed by atoms with van der Waals surface area (Å²) in [6, 6.07) is 0. The summed E-state index contributed by atoms with van der Waals surface area (Å²) >= 11 is 0. The molecule has 15 heavy (non-hydrogen) atoms. The van der Waals surface area contributed by atoms with Gasteiger partial charge in [-0.15, -0.1) is 0 Å². The van der Waals surface area contributed by atoms with Crippen LogP contribution in [0, 0.1) is 11.8 Å². The smallest absolute Gasteiger partial charge is 0.0321 e. The largest absolute Gasteiger partial charge is 0.0887 e. The van der Waals surface area contributed by atoms with Crippen LogP contribution in [0.2, 0.25) is 0 Å². The topological polar surface area (TPSA) is 0 Å². The van der Waals surface area contributed by atoms with Crippen LogP contribution in [-0.2, 0) is 0 Å². The van der Waals surface area contributed by atoms with Crippen LogP contribution in [0.25, 0.3) is 0 Å². The van der Waals surface area contributed by atoms with Crippen molar-refractivity contribution in [3.8, 4) is 0 Å². The third kappa shape index (κ3) is 10.0. The Hall–Kier alpha value is -0.260. The van der Waals surface area contributed by atoms with Gasteiger partial charge < -0.3 is 0 Å². The summed E-state index contributed by atoms with van der Waals surface area (Å²) in [7, 11) is 0. The molecule has 1 unspecified atom stereocenters. The number of rotatable bonds is 8. The van der Waals surface area contributed by atoms with Crippen molar-refractivity contribution in [2.75, 3.05) is 0 Å². The molecule has 0 amide bonds. The number of hydrogen-bond acceptors (Lipinski definition) is 0. The highest BCUT2D eigenvalue weighted by molar-refractivity contribution is 4.95. The number of allylic oxidation sites excluding steroid dienone is 2. The quantitative estimate of drug-likeness (QED) is 0.362. The van der Waals surface area contributed by atoms with Crippen LogP contribution in [0.4, 0.5) is 0 Å². The van der Waals surface area contributed by atoms with Gasteiger partial charge in [-0.3, -0.25) is 0 Å². The first kappa shape index (κ1) is 14.7. The molecule has 0 fully saturated rings. The molecular formula is C15H30. The molecule has 1 atom stereocenters. The highest BCUT2D eigenvalue weighted by Crippen LogP contribution is 2.18. The summed E-state index contributed by atoms with van der Waals surface area (Å²) in [6.45, 7) is 11.4. The second-order valence-electron chi connectivity index (χ2n) is 5.46. The SMILES string of the molecule is CC=C(C)CCC(C)CCCCC(C)C. The molecule has 0 N–H and O–H groups in total. The molecule has 0 rings (SSSR count). The van der Waals surface area contributed by atoms with E-state index in [0.717, 1.165) is 11.8 Å². The summed E-state index contributed by atoms with van der Waals surface area (Å²) in [4.78, 5) is 0. The Morgan fingerprint density at radius 1 is 1.00 bits per heavy atom. The van der Waals surface area contributed by atoms with Gasteiger partial charge in [-0.1, -0.05) is 58.1 Å². The second kappa shape index (κ2) is 9.00. The van der Waals surface area contributed by atoms with E-state index in [1.54, 1.807) is 5.57 Å². The summed E-state index contributed by atoms with van der Waals surface area (Å²) in [5, 5.41) is 0. The normalized spacial score (nSPS) is 14.7. The molecule has 90 valence electrons. The van der Waals surface area contributed by atoms with Crippen LogP contribution in [0.1, 0.15) is 73.1 Å². The van der Waals surface area contributed by atoms with Crippen LogP contribution in [0.15, 0.2) is 11.6 Å². The van der Waals surface area contributed by atoms with Crippen molar-refractivity contribution in [1.82, 2.24) is 0 Å². The van der Waals surface area contributed by atoms with Gasteiger partial charge in [0.2, 0.25) is 0 Å². The average molecular weight is 210 g/mol. The van der Waals surface area contributed by atoms with E-state index in [-0.39, 0.29) is 0 Å². The summed E-state index contributed by atoms with van der Waals surface area (Å²) in [5.41, 5.74) is 1.55. The zero-order valence-electron chi connectivity index (χ0n) is 11.5. The van der Waals surface area contributed by atoms with Crippen LogP contribution < -0.4 is 0 Å². The number of unbranched alkanes of at least 4 members (excludes halogenated alkanes) is 1. The van der Waals surface area contributed by atoms with E-state index in [2.05, 4.69) is 40.7 Å². The predicted octanol–water partition coefficient (Wildman–Crippen LogP) is 5.59. The van der Waals surface area contributed by atoms with E-state index in [1.165, 1.54) is 38.5 Å². The Morgan fingerprint density at radius 3 is 2.13 bits per heavy atom. The van der Waals surface area contributed by atoms with Gasteiger partial charge in [0.1, 0.15) is 0 Å². The van der Waals surface area contributed by atoms with Crippen molar-refractivity contribution in [1.29, 1.82) is 0 Å². The average Bonchev–Trinajstić information content (AvgIpc) is 2.20. The molecule has 0 spiro atoms. The van der Waals surface area contributed by atoms with Gasteiger partial charge in [-0.05, 0) is 38.5 Å². The molecule has 0 aromatic rings. The molecule has 0 heterocycles. The Kier molecular flexibility index (Phi) is 8.85. The molecule has 0 aliphatic heterocycles. The molecule has 0 aliphatic rings. The molecule has 0 nitrogen and oxygen atoms in total. The molecule has 0 aliphatic carbocycles. The van der Waals surface area contributed by atoms with Crippen molar-refractivity contribution in [3.05, 3.63) is 11.6 Å². The molecule has 0 aromatic heterocycles. The Labute approximate surface area is 97.2 Å². The predicted molar refractivity (Wildman–Crippen MR) is 71.1 cm³/mol. The summed E-state index contributed by atoms with van der Waals surface area (Å²) in [6.07, 6.45) is 10.6. The molecule has 0 radical (unpaired) electrons. The fourth-order valence-corrected chi connectivity index (χ4v) is 1.81. The monoisotopic (exact) mass is 210 g/mol. The fraction of sp³-hybridized carbons (Fsp3) is 0.867. The molecule has 0 heteroatoms. The van der Waals surface area contributed by atoms with Gasteiger partial charge in [0.25, 0.3) is 0 Å². The van der Waals surface area contributed by atoms with E-state index in [1.807, 2.05) is 0 Å². The maximum absolute atomic E-state index is 2.40. The minimum atomic E-state index is 0.880. The van der Waals surface area contributed by atoms with Gasteiger partial charge in [0.15, 0.2) is 0 Å². The molecule has 0 saturated heterocycles. The van der Waals surface area contributed by atoms with Crippen LogP contribution in [-0.4, -0.2) is 0 Å². The van der Waals surface area contributed by atoms with E-state index >= 15 is 0 Å². The minimum absolute atomic E-state index is 0.880. The number of hydrogen-bond donors (Lipinski definition) is 0. The highest BCUT2D eigenvalue weighted by atomic mass is 14.1. The highest BCUT2D eigenvalue weighted by Gasteiger charge is 2.02. The van der Waals surface area contributed by atoms with Crippen molar-refractivity contribution >= 4 is 0 Å². The molecular weight excluding hydrogens is 180 g/mol. The first-order valence-electron chi connectivity index (χ1n) is 6.68. The lowest BCUT2D eigenvalue weighted by molar-refractivity contribution is 0.442. The van der Waals surface area contributed by atoms with E-state index in [0.29, 0.717) is 0 Å². The third-order valence-corrected chi connectivity index (χ3v) is 3.25. The fourth-order valence-electron chi connectivity index (χ4n) is 1.81. The van der Waals surface area contributed by atoms with E-state index in [9.17, 15) is 0 Å². The molecule has 0 aromatic carbocycles. The molecule has 0 bridgehead atoms. The van der Waals surface area contributed by atoms with E-state index < -0.39 is 0 Å². The third-order valence-electron chi connectivity index (χ3n) is 3.25. The lowest BCUT2D eigenvalue weighted by Crippen LogP contribution is -1.96. The standard InChI is InChI=1S/C15H30/c1-6-14(4)11-12-15(5)10-8-7-9-13(2)3/h6,13,15H,7-12H2,1-5H3. The minimum Gasteiger partial charge on any atom is -0.0887 e. The summed E-state index contributed by atoms with van der Waals surface area (Å²) < 4.78 is 0. The maximum Gasteiger partial charge on any atom is -0.0321 e. The van der Waals surface area contributed by atoms with Crippen LogP contribution in [0.5, 0.6) is 0 Å². The summed E-state index contributed by atoms with van der Waals surface area (Å²) in [5.74, 6) is 1.79. The van der Waals surface area contributed by atoms with Gasteiger partial charge in [0, 0.05) is 0 Å². The van der Waals surface area contributed by atoms with Crippen molar-refractivity contribution in [2.45, 2.75) is 73.1 Å². The second-order valence-corrected chi connectivity index (χ2v) is 5.46. The van der Waals surface area contributed by atoms with Crippen LogP contribution in [0.3, 0.4) is 0 Å². The van der Waals surface area contributed by atoms with Gasteiger partial charge in [0.05, 0.1) is 0 Å². The Bertz CT molecular complexity index is 165.